The van der Waals surface area contributed by atoms with Gasteiger partial charge in [-0.15, -0.1) is 0 Å². The standard InChI is InChI=1S/C17H15F3N2O/c18-17(19,20)13-6-3-7-14(9-13)22-16(23)15-8-11-4-1-2-5-12(11)10-21-15/h1-7,9,15,21H,8,10H2,(H,22,23)/t15-/m0/s1. The second-order valence-electron chi connectivity index (χ2n) is 5.47. The Labute approximate surface area is 131 Å². The molecule has 3 rings (SSSR count). The molecule has 120 valence electrons. The number of nitrogens with one attached hydrogen (secondary N) is 2. The van der Waals surface area contributed by atoms with Gasteiger partial charge in [0.2, 0.25) is 5.91 Å². The van der Waals surface area contributed by atoms with Crippen molar-refractivity contribution in [2.45, 2.75) is 25.2 Å². The number of hydrogen-bond donors (Lipinski definition) is 2. The third-order valence-corrected chi connectivity index (χ3v) is 3.86. The first kappa shape index (κ1) is 15.6. The fraction of sp³-hybridized carbons (Fsp3) is 0.235. The smallest absolute Gasteiger partial charge is 0.325 e. The number of anilines is 1. The van der Waals surface area contributed by atoms with Crippen LogP contribution in [-0.4, -0.2) is 11.9 Å². The normalized spacial score (nSPS) is 17.4. The maximum Gasteiger partial charge on any atom is 0.416 e. The topological polar surface area (TPSA) is 41.1 Å². The summed E-state index contributed by atoms with van der Waals surface area (Å²) >= 11 is 0. The second kappa shape index (κ2) is 6.04. The number of hydrogen-bond acceptors (Lipinski definition) is 2. The number of alkyl halides is 3. The predicted octanol–water partition coefficient (Wildman–Crippen LogP) is 3.36. The van der Waals surface area contributed by atoms with Crippen LogP contribution >= 0.6 is 0 Å². The molecule has 0 aliphatic carbocycles. The highest BCUT2D eigenvalue weighted by atomic mass is 19.4. The van der Waals surface area contributed by atoms with Gasteiger partial charge in [0.05, 0.1) is 11.6 Å². The zero-order chi connectivity index (χ0) is 16.4. The lowest BCUT2D eigenvalue weighted by molar-refractivity contribution is -0.137. The summed E-state index contributed by atoms with van der Waals surface area (Å²) in [6, 6.07) is 12.0. The van der Waals surface area contributed by atoms with Crippen molar-refractivity contribution in [1.82, 2.24) is 5.32 Å². The average molecular weight is 320 g/mol. The maximum absolute atomic E-state index is 12.7. The molecule has 3 nitrogen and oxygen atoms in total. The number of halogens is 3. The van der Waals surface area contributed by atoms with E-state index in [-0.39, 0.29) is 11.6 Å². The molecule has 6 heteroatoms. The fourth-order valence-corrected chi connectivity index (χ4v) is 2.64. The summed E-state index contributed by atoms with van der Waals surface area (Å²) in [5.74, 6) is -0.334. The van der Waals surface area contributed by atoms with Gasteiger partial charge in [-0.25, -0.2) is 0 Å². The third-order valence-electron chi connectivity index (χ3n) is 3.86. The average Bonchev–Trinajstić information content (AvgIpc) is 2.54. The molecule has 2 aromatic carbocycles. The minimum atomic E-state index is -4.43. The van der Waals surface area contributed by atoms with E-state index in [1.807, 2.05) is 24.3 Å². The van der Waals surface area contributed by atoms with E-state index in [1.54, 1.807) is 0 Å². The molecule has 0 bridgehead atoms. The van der Waals surface area contributed by atoms with E-state index in [0.29, 0.717) is 13.0 Å². The van der Waals surface area contributed by atoms with E-state index in [2.05, 4.69) is 10.6 Å². The number of benzene rings is 2. The van der Waals surface area contributed by atoms with Crippen LogP contribution in [-0.2, 0) is 23.9 Å². The summed E-state index contributed by atoms with van der Waals surface area (Å²) in [5.41, 5.74) is 1.58. The van der Waals surface area contributed by atoms with Gasteiger partial charge in [0.15, 0.2) is 0 Å². The van der Waals surface area contributed by atoms with Gasteiger partial charge >= 0.3 is 6.18 Å². The monoisotopic (exact) mass is 320 g/mol. The van der Waals surface area contributed by atoms with Gasteiger partial charge in [-0.05, 0) is 35.7 Å². The number of rotatable bonds is 2. The van der Waals surface area contributed by atoms with Crippen molar-refractivity contribution in [3.63, 3.8) is 0 Å². The van der Waals surface area contributed by atoms with Crippen LogP contribution in [0.15, 0.2) is 48.5 Å². The molecule has 1 heterocycles. The molecule has 0 saturated heterocycles. The molecule has 0 fully saturated rings. The van der Waals surface area contributed by atoms with Crippen molar-refractivity contribution in [3.05, 3.63) is 65.2 Å². The van der Waals surface area contributed by atoms with Gasteiger partial charge in [0.25, 0.3) is 0 Å². The van der Waals surface area contributed by atoms with Gasteiger partial charge in [-0.3, -0.25) is 4.79 Å². The Balaban J connectivity index is 1.71. The van der Waals surface area contributed by atoms with E-state index >= 15 is 0 Å². The van der Waals surface area contributed by atoms with E-state index < -0.39 is 17.8 Å². The van der Waals surface area contributed by atoms with E-state index in [1.165, 1.54) is 12.1 Å². The van der Waals surface area contributed by atoms with Gasteiger partial charge in [0, 0.05) is 12.2 Å². The molecule has 0 aromatic heterocycles. The van der Waals surface area contributed by atoms with Gasteiger partial charge in [0.1, 0.15) is 0 Å². The number of carbonyl (C=O) groups is 1. The summed E-state index contributed by atoms with van der Waals surface area (Å²) in [5, 5.41) is 5.66. The van der Waals surface area contributed by atoms with Gasteiger partial charge in [-0.2, -0.15) is 13.2 Å². The molecule has 0 radical (unpaired) electrons. The van der Waals surface area contributed by atoms with Crippen LogP contribution in [0.3, 0.4) is 0 Å². The maximum atomic E-state index is 12.7. The summed E-state index contributed by atoms with van der Waals surface area (Å²) < 4.78 is 38.1. The molecule has 1 atom stereocenters. The predicted molar refractivity (Wildman–Crippen MR) is 80.8 cm³/mol. The Morgan fingerprint density at radius 2 is 1.83 bits per heavy atom. The van der Waals surface area contributed by atoms with Crippen LogP contribution < -0.4 is 10.6 Å². The molecule has 1 aliphatic rings. The van der Waals surface area contributed by atoms with Crippen LogP contribution in [0.1, 0.15) is 16.7 Å². The first-order valence-corrected chi connectivity index (χ1v) is 7.22. The molecule has 2 N–H and O–H groups in total. The van der Waals surface area contributed by atoms with Gasteiger partial charge < -0.3 is 10.6 Å². The Morgan fingerprint density at radius 3 is 2.57 bits per heavy atom. The molecule has 23 heavy (non-hydrogen) atoms. The molecule has 1 amide bonds. The van der Waals surface area contributed by atoms with Crippen LogP contribution in [0.25, 0.3) is 0 Å². The van der Waals surface area contributed by atoms with Crippen LogP contribution in [0.5, 0.6) is 0 Å². The van der Waals surface area contributed by atoms with Crippen LogP contribution in [0, 0.1) is 0 Å². The summed E-state index contributed by atoms with van der Waals surface area (Å²) in [7, 11) is 0. The zero-order valence-corrected chi connectivity index (χ0v) is 12.2. The van der Waals surface area contributed by atoms with Crippen molar-refractivity contribution in [2.24, 2.45) is 0 Å². The lowest BCUT2D eigenvalue weighted by Gasteiger charge is -2.25. The van der Waals surface area contributed by atoms with Crippen molar-refractivity contribution in [1.29, 1.82) is 0 Å². The Morgan fingerprint density at radius 1 is 1.09 bits per heavy atom. The molecule has 0 spiro atoms. The zero-order valence-electron chi connectivity index (χ0n) is 12.2. The number of carbonyl (C=O) groups excluding carboxylic acids is 1. The first-order valence-electron chi connectivity index (χ1n) is 7.22. The fourth-order valence-electron chi connectivity index (χ4n) is 2.64. The molecular weight excluding hydrogens is 305 g/mol. The van der Waals surface area contributed by atoms with Crippen molar-refractivity contribution < 1.29 is 18.0 Å². The largest absolute Gasteiger partial charge is 0.416 e. The first-order chi connectivity index (χ1) is 10.9. The lowest BCUT2D eigenvalue weighted by atomic mass is 9.95. The molecule has 1 aliphatic heterocycles. The van der Waals surface area contributed by atoms with E-state index in [0.717, 1.165) is 23.3 Å². The third kappa shape index (κ3) is 3.53. The molecule has 0 unspecified atom stereocenters. The number of fused-ring (bicyclic) bond motifs is 1. The Kier molecular flexibility index (Phi) is 4.09. The highest BCUT2D eigenvalue weighted by Gasteiger charge is 2.31. The Hall–Kier alpha value is -2.34. The molecule has 2 aromatic rings. The van der Waals surface area contributed by atoms with Gasteiger partial charge in [-0.1, -0.05) is 30.3 Å². The van der Waals surface area contributed by atoms with E-state index in [4.69, 9.17) is 0 Å². The summed E-state index contributed by atoms with van der Waals surface area (Å²) in [4.78, 5) is 12.3. The minimum absolute atomic E-state index is 0.144. The lowest BCUT2D eigenvalue weighted by Crippen LogP contribution is -2.44. The van der Waals surface area contributed by atoms with E-state index in [9.17, 15) is 18.0 Å². The van der Waals surface area contributed by atoms with Crippen LogP contribution in [0.2, 0.25) is 0 Å². The molecular formula is C17H15F3N2O. The molecule has 0 saturated carbocycles. The van der Waals surface area contributed by atoms with Crippen molar-refractivity contribution >= 4 is 11.6 Å². The minimum Gasteiger partial charge on any atom is -0.325 e. The highest BCUT2D eigenvalue weighted by molar-refractivity contribution is 5.95. The number of amides is 1. The quantitative estimate of drug-likeness (QED) is 0.891. The Bertz CT molecular complexity index is 728. The van der Waals surface area contributed by atoms with Crippen LogP contribution in [0.4, 0.5) is 18.9 Å². The summed E-state index contributed by atoms with van der Waals surface area (Å²) in [6.07, 6.45) is -3.91. The second-order valence-corrected chi connectivity index (χ2v) is 5.47. The van der Waals surface area contributed by atoms with Crippen molar-refractivity contribution in [2.75, 3.05) is 5.32 Å². The SMILES string of the molecule is O=C(Nc1cccc(C(F)(F)F)c1)[C@@H]1Cc2ccccc2CN1. The highest BCUT2D eigenvalue weighted by Crippen LogP contribution is 2.30. The van der Waals surface area contributed by atoms with Crippen molar-refractivity contribution in [3.8, 4) is 0 Å². The summed E-state index contributed by atoms with van der Waals surface area (Å²) in [6.45, 7) is 0.566.